The molecule has 1 atom stereocenters. The van der Waals surface area contributed by atoms with E-state index < -0.39 is 0 Å². The molecule has 0 radical (unpaired) electrons. The SMILES string of the molecule is C=CCN(CCO)C(=O)[C@H]1CCCNC1. The molecular weight excluding hydrogens is 192 g/mol. The molecule has 2 N–H and O–H groups in total. The average Bonchev–Trinajstić information content (AvgIpc) is 2.29. The van der Waals surface area contributed by atoms with E-state index in [2.05, 4.69) is 11.9 Å². The van der Waals surface area contributed by atoms with Crippen molar-refractivity contribution in [3.05, 3.63) is 12.7 Å². The van der Waals surface area contributed by atoms with Crippen molar-refractivity contribution in [2.45, 2.75) is 12.8 Å². The predicted molar refractivity (Wildman–Crippen MR) is 59.5 cm³/mol. The monoisotopic (exact) mass is 212 g/mol. The quantitative estimate of drug-likeness (QED) is 0.630. The lowest BCUT2D eigenvalue weighted by atomic mass is 9.98. The summed E-state index contributed by atoms with van der Waals surface area (Å²) in [6, 6.07) is 0. The highest BCUT2D eigenvalue weighted by Crippen LogP contribution is 2.13. The van der Waals surface area contributed by atoms with Gasteiger partial charge in [0.1, 0.15) is 0 Å². The number of nitrogens with one attached hydrogen (secondary N) is 1. The van der Waals surface area contributed by atoms with Gasteiger partial charge in [-0.1, -0.05) is 6.08 Å². The first-order valence-corrected chi connectivity index (χ1v) is 5.51. The van der Waals surface area contributed by atoms with Gasteiger partial charge in [0.05, 0.1) is 12.5 Å². The van der Waals surface area contributed by atoms with Crippen molar-refractivity contribution >= 4 is 5.91 Å². The highest BCUT2D eigenvalue weighted by molar-refractivity contribution is 5.79. The molecule has 1 aliphatic rings. The summed E-state index contributed by atoms with van der Waals surface area (Å²) in [5, 5.41) is 12.1. The first-order valence-electron chi connectivity index (χ1n) is 5.51. The van der Waals surface area contributed by atoms with Gasteiger partial charge in [0.15, 0.2) is 0 Å². The van der Waals surface area contributed by atoms with E-state index in [0.717, 1.165) is 25.9 Å². The fourth-order valence-electron chi connectivity index (χ4n) is 1.89. The van der Waals surface area contributed by atoms with Crippen LogP contribution >= 0.6 is 0 Å². The molecule has 1 rings (SSSR count). The van der Waals surface area contributed by atoms with Gasteiger partial charge in [0.2, 0.25) is 5.91 Å². The summed E-state index contributed by atoms with van der Waals surface area (Å²) in [7, 11) is 0. The van der Waals surface area contributed by atoms with Crippen LogP contribution in [0, 0.1) is 5.92 Å². The molecule has 1 aliphatic heterocycles. The van der Waals surface area contributed by atoms with Crippen LogP contribution in [0.15, 0.2) is 12.7 Å². The van der Waals surface area contributed by atoms with Gasteiger partial charge < -0.3 is 15.3 Å². The van der Waals surface area contributed by atoms with Gasteiger partial charge in [0.25, 0.3) is 0 Å². The fraction of sp³-hybridized carbons (Fsp3) is 0.727. The maximum Gasteiger partial charge on any atom is 0.227 e. The summed E-state index contributed by atoms with van der Waals surface area (Å²) in [5.74, 6) is 0.210. The smallest absolute Gasteiger partial charge is 0.227 e. The Hall–Kier alpha value is -0.870. The molecule has 0 spiro atoms. The third-order valence-electron chi connectivity index (χ3n) is 2.68. The molecule has 0 aliphatic carbocycles. The van der Waals surface area contributed by atoms with E-state index in [4.69, 9.17) is 5.11 Å². The molecule has 0 bridgehead atoms. The maximum atomic E-state index is 12.0. The Bertz CT molecular complexity index is 213. The minimum Gasteiger partial charge on any atom is -0.395 e. The Balaban J connectivity index is 2.48. The van der Waals surface area contributed by atoms with Crippen LogP contribution < -0.4 is 5.32 Å². The molecular formula is C11H20N2O2. The van der Waals surface area contributed by atoms with Gasteiger partial charge >= 0.3 is 0 Å². The van der Waals surface area contributed by atoms with Gasteiger partial charge in [-0.3, -0.25) is 4.79 Å². The molecule has 15 heavy (non-hydrogen) atoms. The molecule has 0 unspecified atom stereocenters. The third kappa shape index (κ3) is 3.64. The lowest BCUT2D eigenvalue weighted by molar-refractivity contribution is -0.136. The number of aliphatic hydroxyl groups excluding tert-OH is 1. The Morgan fingerprint density at radius 2 is 2.47 bits per heavy atom. The summed E-state index contributed by atoms with van der Waals surface area (Å²) in [6.07, 6.45) is 3.70. The average molecular weight is 212 g/mol. The standard InChI is InChI=1S/C11H20N2O2/c1-2-6-13(7-8-14)11(15)10-4-3-5-12-9-10/h2,10,12,14H,1,3-9H2/t10-/m0/s1. The number of hydrogen-bond acceptors (Lipinski definition) is 3. The minimum absolute atomic E-state index is 0.0136. The van der Waals surface area contributed by atoms with Crippen LogP contribution in [0.4, 0.5) is 0 Å². The van der Waals surface area contributed by atoms with Crippen LogP contribution in [0.1, 0.15) is 12.8 Å². The molecule has 1 fully saturated rings. The Morgan fingerprint density at radius 3 is 3.00 bits per heavy atom. The second-order valence-electron chi connectivity index (χ2n) is 3.84. The van der Waals surface area contributed by atoms with Gasteiger partial charge in [-0.05, 0) is 19.4 Å². The van der Waals surface area contributed by atoms with E-state index in [-0.39, 0.29) is 18.4 Å². The van der Waals surface area contributed by atoms with Gasteiger partial charge in [-0.25, -0.2) is 0 Å². The highest BCUT2D eigenvalue weighted by atomic mass is 16.3. The van der Waals surface area contributed by atoms with Crippen LogP contribution in [0.2, 0.25) is 0 Å². The van der Waals surface area contributed by atoms with Gasteiger partial charge in [-0.15, -0.1) is 6.58 Å². The lowest BCUT2D eigenvalue weighted by Crippen LogP contribution is -2.44. The van der Waals surface area contributed by atoms with Crippen molar-refractivity contribution < 1.29 is 9.90 Å². The first-order chi connectivity index (χ1) is 7.29. The number of amides is 1. The van der Waals surface area contributed by atoms with E-state index in [1.807, 2.05) is 0 Å². The Morgan fingerprint density at radius 1 is 1.67 bits per heavy atom. The zero-order valence-electron chi connectivity index (χ0n) is 9.11. The molecule has 4 nitrogen and oxygen atoms in total. The number of aliphatic hydroxyl groups is 1. The first kappa shape index (κ1) is 12.2. The van der Waals surface area contributed by atoms with Gasteiger partial charge in [-0.2, -0.15) is 0 Å². The van der Waals surface area contributed by atoms with Crippen LogP contribution in [0.25, 0.3) is 0 Å². The number of nitrogens with zero attached hydrogens (tertiary/aromatic N) is 1. The molecule has 1 amide bonds. The van der Waals surface area contributed by atoms with E-state index in [0.29, 0.717) is 13.1 Å². The van der Waals surface area contributed by atoms with Crippen LogP contribution in [0.3, 0.4) is 0 Å². The number of rotatable bonds is 5. The zero-order valence-corrected chi connectivity index (χ0v) is 9.11. The topological polar surface area (TPSA) is 52.6 Å². The molecule has 1 saturated heterocycles. The van der Waals surface area contributed by atoms with Crippen molar-refractivity contribution in [1.29, 1.82) is 0 Å². The van der Waals surface area contributed by atoms with Crippen molar-refractivity contribution in [1.82, 2.24) is 10.2 Å². The van der Waals surface area contributed by atoms with Crippen molar-refractivity contribution in [3.63, 3.8) is 0 Å². The number of carbonyl (C=O) groups excluding carboxylic acids is 1. The number of carbonyl (C=O) groups is 1. The molecule has 0 saturated carbocycles. The lowest BCUT2D eigenvalue weighted by Gasteiger charge is -2.28. The van der Waals surface area contributed by atoms with Crippen LogP contribution in [0.5, 0.6) is 0 Å². The van der Waals surface area contributed by atoms with E-state index >= 15 is 0 Å². The summed E-state index contributed by atoms with van der Waals surface area (Å²) >= 11 is 0. The highest BCUT2D eigenvalue weighted by Gasteiger charge is 2.24. The van der Waals surface area contributed by atoms with Crippen LogP contribution in [-0.4, -0.2) is 48.7 Å². The number of hydrogen-bond donors (Lipinski definition) is 2. The maximum absolute atomic E-state index is 12.0. The minimum atomic E-state index is 0.0136. The Labute approximate surface area is 91.0 Å². The van der Waals surface area contributed by atoms with E-state index in [9.17, 15) is 4.79 Å². The number of piperidine rings is 1. The predicted octanol–water partition coefficient (Wildman–Crippen LogP) is -0.00710. The van der Waals surface area contributed by atoms with Crippen molar-refractivity contribution in [2.24, 2.45) is 5.92 Å². The van der Waals surface area contributed by atoms with E-state index in [1.165, 1.54) is 0 Å². The third-order valence-corrected chi connectivity index (χ3v) is 2.68. The van der Waals surface area contributed by atoms with Gasteiger partial charge in [0, 0.05) is 19.6 Å². The Kier molecular flexibility index (Phi) is 5.36. The summed E-state index contributed by atoms with van der Waals surface area (Å²) in [5.41, 5.74) is 0. The largest absolute Gasteiger partial charge is 0.395 e. The van der Waals surface area contributed by atoms with Crippen molar-refractivity contribution in [2.75, 3.05) is 32.8 Å². The summed E-state index contributed by atoms with van der Waals surface area (Å²) < 4.78 is 0. The molecule has 1 heterocycles. The summed E-state index contributed by atoms with van der Waals surface area (Å²) in [6.45, 7) is 6.33. The molecule has 0 aromatic carbocycles. The molecule has 4 heteroatoms. The second-order valence-corrected chi connectivity index (χ2v) is 3.84. The summed E-state index contributed by atoms with van der Waals surface area (Å²) in [4.78, 5) is 13.7. The second kappa shape index (κ2) is 6.58. The van der Waals surface area contributed by atoms with Crippen molar-refractivity contribution in [3.8, 4) is 0 Å². The molecule has 0 aromatic heterocycles. The fourth-order valence-corrected chi connectivity index (χ4v) is 1.89. The molecule has 0 aromatic rings. The zero-order chi connectivity index (χ0) is 11.1. The normalized spacial score (nSPS) is 21.0. The van der Waals surface area contributed by atoms with E-state index in [1.54, 1.807) is 11.0 Å². The van der Waals surface area contributed by atoms with Crippen LogP contribution in [-0.2, 0) is 4.79 Å². The molecule has 86 valence electrons.